The number of furan rings is 1. The summed E-state index contributed by atoms with van der Waals surface area (Å²) in [6, 6.07) is 14.2. The highest BCUT2D eigenvalue weighted by molar-refractivity contribution is 6.32. The fraction of sp³-hybridized carbons (Fsp3) is 0. The van der Waals surface area contributed by atoms with Crippen molar-refractivity contribution in [3.05, 3.63) is 91.2 Å². The summed E-state index contributed by atoms with van der Waals surface area (Å²) in [7, 11) is 0. The second-order valence-electron chi connectivity index (χ2n) is 6.05. The Morgan fingerprint density at radius 3 is 2.39 bits per heavy atom. The second-order valence-corrected chi connectivity index (χ2v) is 6.46. The summed E-state index contributed by atoms with van der Waals surface area (Å²) < 4.78 is 5.58. The summed E-state index contributed by atoms with van der Waals surface area (Å²) in [4.78, 5) is 32.9. The maximum atomic E-state index is 12.4. The molecule has 0 unspecified atom stereocenters. The van der Waals surface area contributed by atoms with Crippen molar-refractivity contribution in [1.82, 2.24) is 0 Å². The Kier molecular flexibility index (Phi) is 6.09. The third-order valence-corrected chi connectivity index (χ3v) is 4.36. The average molecular weight is 439 g/mol. The molecule has 0 saturated carbocycles. The normalized spacial score (nSPS) is 10.9. The minimum atomic E-state index is -0.799. The van der Waals surface area contributed by atoms with Gasteiger partial charge in [0.15, 0.2) is 0 Å². The number of nitriles is 1. The van der Waals surface area contributed by atoms with Crippen LogP contribution in [0.25, 0.3) is 17.4 Å². The monoisotopic (exact) mass is 438 g/mol. The molecule has 0 aliphatic carbocycles. The van der Waals surface area contributed by atoms with E-state index in [0.29, 0.717) is 11.3 Å². The quantitative estimate of drug-likeness (QED) is 0.247. The number of halogens is 1. The summed E-state index contributed by atoms with van der Waals surface area (Å²) in [5, 5.41) is 33.3. The van der Waals surface area contributed by atoms with E-state index in [9.17, 15) is 30.3 Å². The van der Waals surface area contributed by atoms with Crippen molar-refractivity contribution in [3.8, 4) is 17.4 Å². The fourth-order valence-electron chi connectivity index (χ4n) is 2.55. The molecule has 0 bridgehead atoms. The molecule has 0 atom stereocenters. The lowest BCUT2D eigenvalue weighted by Gasteiger charge is -2.04. The number of hydrogen-bond donors (Lipinski definition) is 1. The van der Waals surface area contributed by atoms with E-state index in [0.717, 1.165) is 6.07 Å². The Labute approximate surface area is 179 Å². The number of hydrogen-bond acceptors (Lipinski definition) is 7. The molecule has 1 amide bonds. The van der Waals surface area contributed by atoms with Crippen LogP contribution in [0.2, 0.25) is 5.02 Å². The zero-order valence-electron chi connectivity index (χ0n) is 15.4. The third kappa shape index (κ3) is 4.92. The number of nitro benzene ring substituents is 2. The van der Waals surface area contributed by atoms with Gasteiger partial charge in [-0.2, -0.15) is 5.26 Å². The highest BCUT2D eigenvalue weighted by atomic mass is 35.5. The van der Waals surface area contributed by atoms with Crippen LogP contribution in [0, 0.1) is 31.6 Å². The van der Waals surface area contributed by atoms with Gasteiger partial charge in [-0.25, -0.2) is 0 Å². The van der Waals surface area contributed by atoms with Gasteiger partial charge in [-0.3, -0.25) is 25.0 Å². The van der Waals surface area contributed by atoms with E-state index in [2.05, 4.69) is 5.32 Å². The van der Waals surface area contributed by atoms with Crippen molar-refractivity contribution in [2.75, 3.05) is 5.32 Å². The number of anilines is 1. The molecule has 0 aliphatic heterocycles. The predicted octanol–water partition coefficient (Wildman–Crippen LogP) is 4.96. The SMILES string of the molecule is N#C/C(=C\c1ccc(-c2ccc([N+](=O)[O-])cc2)o1)C(=O)Nc1ccc(Cl)c([N+](=O)[O-])c1. The zero-order chi connectivity index (χ0) is 22.5. The molecule has 0 spiro atoms. The van der Waals surface area contributed by atoms with Crippen molar-refractivity contribution >= 4 is 40.6 Å². The van der Waals surface area contributed by atoms with Crippen LogP contribution in [0.3, 0.4) is 0 Å². The first kappa shape index (κ1) is 21.2. The van der Waals surface area contributed by atoms with E-state index in [4.69, 9.17) is 16.0 Å². The van der Waals surface area contributed by atoms with Crippen LogP contribution in [-0.4, -0.2) is 15.8 Å². The maximum absolute atomic E-state index is 12.4. The number of carbonyl (C=O) groups excluding carboxylic acids is 1. The lowest BCUT2D eigenvalue weighted by molar-refractivity contribution is -0.384. The number of carbonyl (C=O) groups is 1. The molecule has 0 fully saturated rings. The first-order chi connectivity index (χ1) is 14.8. The maximum Gasteiger partial charge on any atom is 0.289 e. The molecular formula is C20H11ClN4O6. The van der Waals surface area contributed by atoms with Crippen LogP contribution >= 0.6 is 11.6 Å². The van der Waals surface area contributed by atoms with Gasteiger partial charge in [0.25, 0.3) is 17.3 Å². The van der Waals surface area contributed by atoms with Crippen LogP contribution in [0.5, 0.6) is 0 Å². The van der Waals surface area contributed by atoms with E-state index in [1.807, 2.05) is 0 Å². The van der Waals surface area contributed by atoms with Crippen LogP contribution in [-0.2, 0) is 4.79 Å². The molecule has 0 aliphatic rings. The zero-order valence-corrected chi connectivity index (χ0v) is 16.2. The van der Waals surface area contributed by atoms with Crippen molar-refractivity contribution in [3.63, 3.8) is 0 Å². The van der Waals surface area contributed by atoms with Gasteiger partial charge in [-0.1, -0.05) is 11.6 Å². The number of rotatable bonds is 6. The van der Waals surface area contributed by atoms with Crippen molar-refractivity contribution in [2.24, 2.45) is 0 Å². The van der Waals surface area contributed by atoms with Crippen LogP contribution in [0.15, 0.2) is 64.6 Å². The average Bonchev–Trinajstić information content (AvgIpc) is 3.21. The number of nitro groups is 2. The van der Waals surface area contributed by atoms with Gasteiger partial charge in [-0.15, -0.1) is 0 Å². The molecular weight excluding hydrogens is 428 g/mol. The van der Waals surface area contributed by atoms with Gasteiger partial charge < -0.3 is 9.73 Å². The molecule has 0 radical (unpaired) electrons. The molecule has 11 heteroatoms. The van der Waals surface area contributed by atoms with E-state index >= 15 is 0 Å². The number of nitrogens with zero attached hydrogens (tertiary/aromatic N) is 3. The van der Waals surface area contributed by atoms with Gasteiger partial charge in [0.2, 0.25) is 0 Å². The number of amides is 1. The van der Waals surface area contributed by atoms with Crippen molar-refractivity contribution < 1.29 is 19.1 Å². The highest BCUT2D eigenvalue weighted by Crippen LogP contribution is 2.28. The van der Waals surface area contributed by atoms with E-state index in [1.54, 1.807) is 12.1 Å². The van der Waals surface area contributed by atoms with E-state index < -0.39 is 15.8 Å². The van der Waals surface area contributed by atoms with Gasteiger partial charge in [0, 0.05) is 35.5 Å². The van der Waals surface area contributed by atoms with Crippen molar-refractivity contribution in [1.29, 1.82) is 5.26 Å². The molecule has 1 N–H and O–H groups in total. The molecule has 10 nitrogen and oxygen atoms in total. The smallest absolute Gasteiger partial charge is 0.289 e. The highest BCUT2D eigenvalue weighted by Gasteiger charge is 2.16. The Morgan fingerprint density at radius 2 is 1.77 bits per heavy atom. The van der Waals surface area contributed by atoms with E-state index in [-0.39, 0.29) is 33.4 Å². The largest absolute Gasteiger partial charge is 0.457 e. The summed E-state index contributed by atoms with van der Waals surface area (Å²) in [6.07, 6.45) is 1.20. The predicted molar refractivity (Wildman–Crippen MR) is 111 cm³/mol. The van der Waals surface area contributed by atoms with Crippen LogP contribution in [0.4, 0.5) is 17.1 Å². The van der Waals surface area contributed by atoms with Crippen molar-refractivity contribution in [2.45, 2.75) is 0 Å². The lowest BCUT2D eigenvalue weighted by atomic mass is 10.1. The van der Waals surface area contributed by atoms with E-state index in [1.165, 1.54) is 48.5 Å². The Bertz CT molecular complexity index is 1260. The summed E-state index contributed by atoms with van der Waals surface area (Å²) in [6.45, 7) is 0. The Morgan fingerprint density at radius 1 is 1.06 bits per heavy atom. The number of nitrogens with one attached hydrogen (secondary N) is 1. The molecule has 3 rings (SSSR count). The molecule has 2 aromatic carbocycles. The van der Waals surface area contributed by atoms with Gasteiger partial charge >= 0.3 is 0 Å². The molecule has 3 aromatic rings. The Hall–Kier alpha value is -4.49. The fourth-order valence-corrected chi connectivity index (χ4v) is 2.74. The van der Waals surface area contributed by atoms with Crippen LogP contribution < -0.4 is 5.32 Å². The second kappa shape index (κ2) is 8.89. The lowest BCUT2D eigenvalue weighted by Crippen LogP contribution is -2.13. The summed E-state index contributed by atoms with van der Waals surface area (Å²) in [5.41, 5.74) is -0.0980. The number of benzene rings is 2. The van der Waals surface area contributed by atoms with Gasteiger partial charge in [0.1, 0.15) is 28.2 Å². The minimum Gasteiger partial charge on any atom is -0.457 e. The molecule has 1 heterocycles. The standard InChI is InChI=1S/C20H11ClN4O6/c21-17-7-3-14(10-18(17)25(29)30)23-20(26)13(11-22)9-16-6-8-19(31-16)12-1-4-15(5-2-12)24(27)28/h1-10H,(H,23,26)/b13-9+. The third-order valence-electron chi connectivity index (χ3n) is 4.04. The summed E-state index contributed by atoms with van der Waals surface area (Å²) >= 11 is 5.74. The molecule has 0 saturated heterocycles. The molecule has 31 heavy (non-hydrogen) atoms. The summed E-state index contributed by atoms with van der Waals surface area (Å²) in [5.74, 6) is -0.221. The van der Waals surface area contributed by atoms with Crippen LogP contribution in [0.1, 0.15) is 5.76 Å². The first-order valence-corrected chi connectivity index (χ1v) is 8.88. The molecule has 154 valence electrons. The topological polar surface area (TPSA) is 152 Å². The molecule has 1 aromatic heterocycles. The Balaban J connectivity index is 1.80. The van der Waals surface area contributed by atoms with Gasteiger partial charge in [-0.05, 0) is 36.4 Å². The van der Waals surface area contributed by atoms with Gasteiger partial charge in [0.05, 0.1) is 9.85 Å². The number of non-ortho nitro benzene ring substituents is 1. The first-order valence-electron chi connectivity index (χ1n) is 8.50. The minimum absolute atomic E-state index is 0.0682.